The molecule has 1 amide bonds. The fourth-order valence-electron chi connectivity index (χ4n) is 2.12. The van der Waals surface area contributed by atoms with Crippen LogP contribution in [0.25, 0.3) is 11.8 Å². The molecule has 112 valence electrons. The van der Waals surface area contributed by atoms with Gasteiger partial charge in [-0.25, -0.2) is 9.07 Å². The maximum Gasteiger partial charge on any atom is 0.261 e. The number of likely N-dealkylation sites (N-methyl/N-ethyl adjacent to an activating group) is 1. The van der Waals surface area contributed by atoms with Crippen LogP contribution in [-0.2, 0) is 4.79 Å². The quantitative estimate of drug-likeness (QED) is 0.698. The van der Waals surface area contributed by atoms with Gasteiger partial charge in [-0.1, -0.05) is 0 Å². The van der Waals surface area contributed by atoms with Crippen LogP contribution in [0, 0.1) is 31.0 Å². The molecule has 0 atom stereocenters. The summed E-state index contributed by atoms with van der Waals surface area (Å²) < 4.78 is 14.7. The Morgan fingerprint density at radius 3 is 2.55 bits per heavy atom. The highest BCUT2D eigenvalue weighted by atomic mass is 19.1. The molecular weight excluding hydrogens is 283 g/mol. The fourth-order valence-corrected chi connectivity index (χ4v) is 2.12. The zero-order valence-corrected chi connectivity index (χ0v) is 12.5. The summed E-state index contributed by atoms with van der Waals surface area (Å²) >= 11 is 0. The van der Waals surface area contributed by atoms with Gasteiger partial charge in [0.15, 0.2) is 0 Å². The highest BCUT2D eigenvalue weighted by molar-refractivity contribution is 6.01. The van der Waals surface area contributed by atoms with E-state index < -0.39 is 5.91 Å². The smallest absolute Gasteiger partial charge is 0.261 e. The van der Waals surface area contributed by atoms with Gasteiger partial charge in [0.2, 0.25) is 0 Å². The summed E-state index contributed by atoms with van der Waals surface area (Å²) in [5.74, 6) is -0.771. The van der Waals surface area contributed by atoms with Crippen molar-refractivity contribution in [3.05, 3.63) is 52.6 Å². The lowest BCUT2D eigenvalue weighted by Crippen LogP contribution is -2.19. The molecule has 6 heteroatoms. The summed E-state index contributed by atoms with van der Waals surface area (Å²) in [5.41, 5.74) is 2.86. The van der Waals surface area contributed by atoms with Crippen molar-refractivity contribution in [2.75, 3.05) is 7.05 Å². The number of nitrogens with zero attached hydrogens (tertiary/aromatic N) is 3. The molecule has 1 N–H and O–H groups in total. The SMILES string of the molecule is CNC(=O)C(C#N)=Cc1c(C)nn(-c2ccc(F)cc2)c1C. The van der Waals surface area contributed by atoms with Gasteiger partial charge in [-0.2, -0.15) is 10.4 Å². The Hall–Kier alpha value is -2.94. The van der Waals surface area contributed by atoms with Crippen LogP contribution in [0.2, 0.25) is 0 Å². The molecular formula is C16H15FN4O. The Balaban J connectivity index is 2.52. The minimum Gasteiger partial charge on any atom is -0.354 e. The van der Waals surface area contributed by atoms with Gasteiger partial charge in [-0.05, 0) is 44.2 Å². The van der Waals surface area contributed by atoms with Crippen LogP contribution in [0.1, 0.15) is 17.0 Å². The van der Waals surface area contributed by atoms with E-state index in [1.165, 1.54) is 25.3 Å². The summed E-state index contributed by atoms with van der Waals surface area (Å²) in [4.78, 5) is 11.6. The molecule has 1 heterocycles. The Bertz CT molecular complexity index is 782. The molecule has 0 aliphatic rings. The van der Waals surface area contributed by atoms with Gasteiger partial charge in [0, 0.05) is 18.3 Å². The molecule has 0 saturated heterocycles. The normalized spacial score (nSPS) is 11.1. The van der Waals surface area contributed by atoms with Gasteiger partial charge in [0.1, 0.15) is 17.5 Å². The lowest BCUT2D eigenvalue weighted by atomic mass is 10.1. The number of aromatic nitrogens is 2. The maximum absolute atomic E-state index is 13.0. The van der Waals surface area contributed by atoms with E-state index in [0.717, 1.165) is 5.69 Å². The molecule has 1 aromatic heterocycles. The van der Waals surface area contributed by atoms with Crippen molar-refractivity contribution in [2.45, 2.75) is 13.8 Å². The zero-order chi connectivity index (χ0) is 16.3. The van der Waals surface area contributed by atoms with Crippen molar-refractivity contribution in [3.8, 4) is 11.8 Å². The van der Waals surface area contributed by atoms with Crippen LogP contribution >= 0.6 is 0 Å². The number of hydrogen-bond acceptors (Lipinski definition) is 3. The number of amides is 1. The number of carbonyl (C=O) groups is 1. The summed E-state index contributed by atoms with van der Waals surface area (Å²) in [6.07, 6.45) is 1.51. The summed E-state index contributed by atoms with van der Waals surface area (Å²) in [6, 6.07) is 7.82. The van der Waals surface area contributed by atoms with Gasteiger partial charge < -0.3 is 5.32 Å². The van der Waals surface area contributed by atoms with Crippen LogP contribution in [0.4, 0.5) is 4.39 Å². The first-order chi connectivity index (χ1) is 10.5. The van der Waals surface area contributed by atoms with Crippen LogP contribution < -0.4 is 5.32 Å². The monoisotopic (exact) mass is 298 g/mol. The van der Waals surface area contributed by atoms with E-state index in [2.05, 4.69) is 10.4 Å². The predicted molar refractivity (Wildman–Crippen MR) is 80.7 cm³/mol. The largest absolute Gasteiger partial charge is 0.354 e. The van der Waals surface area contributed by atoms with Crippen molar-refractivity contribution in [1.82, 2.24) is 15.1 Å². The number of carbonyl (C=O) groups excluding carboxylic acids is 1. The van der Waals surface area contributed by atoms with E-state index in [0.29, 0.717) is 16.9 Å². The second-order valence-corrected chi connectivity index (χ2v) is 4.72. The van der Waals surface area contributed by atoms with E-state index in [-0.39, 0.29) is 11.4 Å². The molecule has 0 fully saturated rings. The summed E-state index contributed by atoms with van der Waals surface area (Å²) in [5, 5.41) is 15.9. The van der Waals surface area contributed by atoms with Gasteiger partial charge in [0.05, 0.1) is 11.4 Å². The van der Waals surface area contributed by atoms with Crippen molar-refractivity contribution < 1.29 is 9.18 Å². The third-order valence-electron chi connectivity index (χ3n) is 3.30. The average Bonchev–Trinajstić information content (AvgIpc) is 2.80. The first kappa shape index (κ1) is 15.4. The van der Waals surface area contributed by atoms with E-state index in [4.69, 9.17) is 5.26 Å². The van der Waals surface area contributed by atoms with Crippen molar-refractivity contribution in [1.29, 1.82) is 5.26 Å². The molecule has 0 aliphatic heterocycles. The Labute approximate surface area is 127 Å². The third kappa shape index (κ3) is 2.88. The van der Waals surface area contributed by atoms with Gasteiger partial charge >= 0.3 is 0 Å². The number of benzene rings is 1. The number of rotatable bonds is 3. The molecule has 0 aliphatic carbocycles. The number of aryl methyl sites for hydroxylation is 1. The molecule has 2 rings (SSSR count). The second-order valence-electron chi connectivity index (χ2n) is 4.72. The number of nitriles is 1. The first-order valence-corrected chi connectivity index (χ1v) is 6.64. The molecule has 0 bridgehead atoms. The molecule has 1 aromatic carbocycles. The van der Waals surface area contributed by atoms with E-state index in [1.807, 2.05) is 13.0 Å². The minimum absolute atomic E-state index is 0.00681. The average molecular weight is 298 g/mol. The molecule has 2 aromatic rings. The Morgan fingerprint density at radius 2 is 2.00 bits per heavy atom. The molecule has 5 nitrogen and oxygen atoms in total. The van der Waals surface area contributed by atoms with Gasteiger partial charge in [-0.15, -0.1) is 0 Å². The van der Waals surface area contributed by atoms with Gasteiger partial charge in [-0.3, -0.25) is 4.79 Å². The zero-order valence-electron chi connectivity index (χ0n) is 12.5. The van der Waals surface area contributed by atoms with E-state index >= 15 is 0 Å². The summed E-state index contributed by atoms with van der Waals surface area (Å²) in [7, 11) is 1.47. The highest BCUT2D eigenvalue weighted by Crippen LogP contribution is 2.20. The first-order valence-electron chi connectivity index (χ1n) is 6.64. The number of nitrogens with one attached hydrogen (secondary N) is 1. The highest BCUT2D eigenvalue weighted by Gasteiger charge is 2.14. The van der Waals surface area contributed by atoms with Crippen molar-refractivity contribution >= 4 is 12.0 Å². The van der Waals surface area contributed by atoms with E-state index in [9.17, 15) is 9.18 Å². The molecule has 0 saturated carbocycles. The van der Waals surface area contributed by atoms with Crippen molar-refractivity contribution in [2.24, 2.45) is 0 Å². The Kier molecular flexibility index (Phi) is 4.37. The minimum atomic E-state index is -0.448. The van der Waals surface area contributed by atoms with Crippen LogP contribution in [0.15, 0.2) is 29.8 Å². The van der Waals surface area contributed by atoms with E-state index in [1.54, 1.807) is 23.7 Å². The maximum atomic E-state index is 13.0. The van der Waals surface area contributed by atoms with Crippen LogP contribution in [0.5, 0.6) is 0 Å². The van der Waals surface area contributed by atoms with Crippen molar-refractivity contribution in [3.63, 3.8) is 0 Å². The lowest BCUT2D eigenvalue weighted by molar-refractivity contribution is -0.116. The molecule has 0 spiro atoms. The second kappa shape index (κ2) is 6.22. The van der Waals surface area contributed by atoms with Gasteiger partial charge in [0.25, 0.3) is 5.91 Å². The van der Waals surface area contributed by atoms with Crippen LogP contribution in [-0.4, -0.2) is 22.7 Å². The molecule has 22 heavy (non-hydrogen) atoms. The number of hydrogen-bond donors (Lipinski definition) is 1. The molecule has 0 radical (unpaired) electrons. The lowest BCUT2D eigenvalue weighted by Gasteiger charge is -2.04. The number of halogens is 1. The molecule has 0 unspecified atom stereocenters. The summed E-state index contributed by atoms with van der Waals surface area (Å²) in [6.45, 7) is 3.62. The standard InChI is InChI=1S/C16H15FN4O/c1-10-15(8-12(9-18)16(22)19-3)11(2)21(20-10)14-6-4-13(17)5-7-14/h4-8H,1-3H3,(H,19,22). The topological polar surface area (TPSA) is 70.7 Å². The van der Waals surface area contributed by atoms with Crippen LogP contribution in [0.3, 0.4) is 0 Å². The predicted octanol–water partition coefficient (Wildman–Crippen LogP) is 2.28. The Morgan fingerprint density at radius 1 is 1.36 bits per heavy atom. The fraction of sp³-hybridized carbons (Fsp3) is 0.188. The third-order valence-corrected chi connectivity index (χ3v) is 3.30.